The number of carbonyl (C=O) groups is 1. The molecular weight excluding hydrogens is 314 g/mol. The van der Waals surface area contributed by atoms with Gasteiger partial charge in [0, 0.05) is 43.8 Å². The van der Waals surface area contributed by atoms with Crippen LogP contribution >= 0.6 is 0 Å². The second kappa shape index (κ2) is 8.14. The Balaban J connectivity index is 1.65. The first-order valence-corrected chi connectivity index (χ1v) is 9.14. The van der Waals surface area contributed by atoms with Gasteiger partial charge < -0.3 is 10.2 Å². The molecule has 25 heavy (non-hydrogen) atoms. The van der Waals surface area contributed by atoms with E-state index < -0.39 is 0 Å². The molecule has 1 aliphatic heterocycles. The third kappa shape index (κ3) is 4.59. The lowest BCUT2D eigenvalue weighted by Gasteiger charge is -2.36. The molecule has 134 valence electrons. The van der Waals surface area contributed by atoms with E-state index in [2.05, 4.69) is 29.2 Å². The fraction of sp³-hybridized carbons (Fsp3) is 0.526. The second-order valence-electron chi connectivity index (χ2n) is 6.94. The van der Waals surface area contributed by atoms with Crippen molar-refractivity contribution in [3.63, 3.8) is 0 Å². The van der Waals surface area contributed by atoms with Gasteiger partial charge in [0.05, 0.1) is 5.56 Å². The van der Waals surface area contributed by atoms with Crippen LogP contribution in [0.4, 0.5) is 5.82 Å². The zero-order valence-electron chi connectivity index (χ0n) is 15.1. The maximum absolute atomic E-state index is 12.9. The molecule has 3 heterocycles. The molecule has 0 spiro atoms. The van der Waals surface area contributed by atoms with Crippen LogP contribution in [0.15, 0.2) is 36.8 Å². The first kappa shape index (κ1) is 17.5. The molecular formula is C19H27N5O. The third-order valence-electron chi connectivity index (χ3n) is 4.59. The fourth-order valence-corrected chi connectivity index (χ4v) is 3.35. The Labute approximate surface area is 149 Å². The minimum absolute atomic E-state index is 0.0914. The van der Waals surface area contributed by atoms with Gasteiger partial charge in [-0.1, -0.05) is 0 Å². The van der Waals surface area contributed by atoms with Gasteiger partial charge in [-0.3, -0.25) is 9.48 Å². The quantitative estimate of drug-likeness (QED) is 0.876. The molecule has 1 amide bonds. The summed E-state index contributed by atoms with van der Waals surface area (Å²) in [7, 11) is 0. The molecule has 0 bridgehead atoms. The zero-order valence-corrected chi connectivity index (χ0v) is 15.1. The summed E-state index contributed by atoms with van der Waals surface area (Å²) in [5.41, 5.74) is 0.667. The Morgan fingerprint density at radius 3 is 2.92 bits per heavy atom. The molecule has 6 nitrogen and oxygen atoms in total. The molecule has 0 aromatic carbocycles. The fourth-order valence-electron chi connectivity index (χ4n) is 3.35. The lowest BCUT2D eigenvalue weighted by atomic mass is 9.98. The lowest BCUT2D eigenvalue weighted by molar-refractivity contribution is 0.0593. The number of carbonyl (C=O) groups excluding carboxylic acids is 1. The summed E-state index contributed by atoms with van der Waals surface area (Å²) in [6.07, 6.45) is 9.71. The van der Waals surface area contributed by atoms with E-state index in [1.807, 2.05) is 34.0 Å². The summed E-state index contributed by atoms with van der Waals surface area (Å²) in [5.74, 6) is 0.897. The number of nitrogens with zero attached hydrogens (tertiary/aromatic N) is 4. The molecule has 1 fully saturated rings. The number of aryl methyl sites for hydroxylation is 1. The predicted octanol–water partition coefficient (Wildman–Crippen LogP) is 3.18. The van der Waals surface area contributed by atoms with Crippen LogP contribution in [-0.4, -0.2) is 44.2 Å². The first-order chi connectivity index (χ1) is 12.1. The van der Waals surface area contributed by atoms with Crippen molar-refractivity contribution in [2.45, 2.75) is 58.2 Å². The van der Waals surface area contributed by atoms with Gasteiger partial charge in [0.1, 0.15) is 5.82 Å². The van der Waals surface area contributed by atoms with Gasteiger partial charge in [0.25, 0.3) is 5.91 Å². The number of aromatic nitrogens is 3. The van der Waals surface area contributed by atoms with E-state index in [9.17, 15) is 4.79 Å². The Bertz CT molecular complexity index is 666. The van der Waals surface area contributed by atoms with E-state index in [4.69, 9.17) is 0 Å². The Kier molecular flexibility index (Phi) is 5.68. The van der Waals surface area contributed by atoms with Crippen LogP contribution in [0.3, 0.4) is 0 Å². The number of piperidine rings is 1. The van der Waals surface area contributed by atoms with E-state index in [1.54, 1.807) is 12.4 Å². The van der Waals surface area contributed by atoms with Crippen molar-refractivity contribution in [2.75, 3.05) is 11.9 Å². The van der Waals surface area contributed by atoms with Crippen LogP contribution in [0.25, 0.3) is 0 Å². The molecule has 1 atom stereocenters. The predicted molar refractivity (Wildman–Crippen MR) is 98.5 cm³/mol. The normalized spacial score (nSPS) is 17.7. The highest BCUT2D eigenvalue weighted by molar-refractivity contribution is 5.94. The van der Waals surface area contributed by atoms with Crippen molar-refractivity contribution < 1.29 is 4.79 Å². The average molecular weight is 341 g/mol. The number of anilines is 1. The molecule has 1 saturated heterocycles. The third-order valence-corrected chi connectivity index (χ3v) is 4.59. The molecule has 1 unspecified atom stereocenters. The summed E-state index contributed by atoms with van der Waals surface area (Å²) in [4.78, 5) is 19.3. The number of hydrogen-bond donors (Lipinski definition) is 1. The van der Waals surface area contributed by atoms with Gasteiger partial charge in [-0.25, -0.2) is 4.98 Å². The van der Waals surface area contributed by atoms with Crippen LogP contribution in [-0.2, 0) is 6.54 Å². The van der Waals surface area contributed by atoms with Crippen molar-refractivity contribution in [1.29, 1.82) is 0 Å². The number of nitrogens with one attached hydrogen (secondary N) is 1. The van der Waals surface area contributed by atoms with Gasteiger partial charge in [-0.05, 0) is 57.7 Å². The minimum Gasteiger partial charge on any atom is -0.368 e. The van der Waals surface area contributed by atoms with Crippen LogP contribution < -0.4 is 5.32 Å². The van der Waals surface area contributed by atoms with E-state index in [0.29, 0.717) is 11.6 Å². The Hall–Kier alpha value is -2.37. The van der Waals surface area contributed by atoms with E-state index in [0.717, 1.165) is 38.2 Å². The highest BCUT2D eigenvalue weighted by atomic mass is 16.2. The highest BCUT2D eigenvalue weighted by Crippen LogP contribution is 2.22. The summed E-state index contributed by atoms with van der Waals surface area (Å²) < 4.78 is 1.94. The van der Waals surface area contributed by atoms with Gasteiger partial charge in [0.15, 0.2) is 0 Å². The van der Waals surface area contributed by atoms with Gasteiger partial charge in [-0.2, -0.15) is 5.10 Å². The van der Waals surface area contributed by atoms with E-state index in [1.165, 1.54) is 6.42 Å². The zero-order chi connectivity index (χ0) is 17.6. The molecule has 0 radical (unpaired) electrons. The smallest absolute Gasteiger partial charge is 0.255 e. The van der Waals surface area contributed by atoms with Crippen molar-refractivity contribution in [2.24, 2.45) is 0 Å². The summed E-state index contributed by atoms with van der Waals surface area (Å²) in [5, 5.41) is 7.51. The van der Waals surface area contributed by atoms with Gasteiger partial charge >= 0.3 is 0 Å². The van der Waals surface area contributed by atoms with Crippen molar-refractivity contribution in [1.82, 2.24) is 19.7 Å². The maximum Gasteiger partial charge on any atom is 0.255 e. The second-order valence-corrected chi connectivity index (χ2v) is 6.94. The first-order valence-electron chi connectivity index (χ1n) is 9.14. The molecule has 2 aromatic heterocycles. The molecule has 2 aromatic rings. The van der Waals surface area contributed by atoms with Crippen LogP contribution in [0.5, 0.6) is 0 Å². The summed E-state index contributed by atoms with van der Waals surface area (Å²) >= 11 is 0. The van der Waals surface area contributed by atoms with E-state index >= 15 is 0 Å². The van der Waals surface area contributed by atoms with Crippen molar-refractivity contribution in [3.05, 3.63) is 42.4 Å². The van der Waals surface area contributed by atoms with Crippen LogP contribution in [0, 0.1) is 0 Å². The van der Waals surface area contributed by atoms with Gasteiger partial charge in [0.2, 0.25) is 0 Å². The maximum atomic E-state index is 12.9. The van der Waals surface area contributed by atoms with Crippen molar-refractivity contribution >= 4 is 11.7 Å². The molecule has 6 heteroatoms. The average Bonchev–Trinajstić information content (AvgIpc) is 3.13. The highest BCUT2D eigenvalue weighted by Gasteiger charge is 2.27. The molecule has 1 N–H and O–H groups in total. The topological polar surface area (TPSA) is 63.1 Å². The number of rotatable bonds is 6. The van der Waals surface area contributed by atoms with Crippen molar-refractivity contribution in [3.8, 4) is 0 Å². The summed E-state index contributed by atoms with van der Waals surface area (Å²) in [6, 6.07) is 6.29. The number of likely N-dealkylation sites (tertiary alicyclic amines) is 1. The lowest BCUT2D eigenvalue weighted by Crippen LogP contribution is -2.44. The number of amides is 1. The standard InChI is InChI=1S/C19H27N5O/c1-15(2)22-18-8-7-16(14-20-18)19(25)24-12-4-3-6-17(24)9-13-23-11-5-10-21-23/h5,7-8,10-11,14-15,17H,3-4,6,9,12-13H2,1-2H3,(H,20,22). The van der Waals surface area contributed by atoms with Gasteiger partial charge in [-0.15, -0.1) is 0 Å². The number of hydrogen-bond acceptors (Lipinski definition) is 4. The van der Waals surface area contributed by atoms with E-state index in [-0.39, 0.29) is 11.9 Å². The SMILES string of the molecule is CC(C)Nc1ccc(C(=O)N2CCCCC2CCn2cccn2)cn1. The van der Waals surface area contributed by atoms with Crippen LogP contribution in [0.1, 0.15) is 49.9 Å². The largest absolute Gasteiger partial charge is 0.368 e. The monoisotopic (exact) mass is 341 g/mol. The molecule has 1 aliphatic rings. The number of pyridine rings is 1. The Morgan fingerprint density at radius 2 is 2.24 bits per heavy atom. The molecule has 0 aliphatic carbocycles. The molecule has 3 rings (SSSR count). The minimum atomic E-state index is 0.0914. The summed E-state index contributed by atoms with van der Waals surface area (Å²) in [6.45, 7) is 5.81. The Morgan fingerprint density at radius 1 is 1.36 bits per heavy atom. The molecule has 0 saturated carbocycles. The van der Waals surface area contributed by atoms with Crippen LogP contribution in [0.2, 0.25) is 0 Å².